The molecule has 19 heavy (non-hydrogen) atoms. The van der Waals surface area contributed by atoms with Crippen LogP contribution in [0.15, 0.2) is 28.1 Å². The minimum Gasteiger partial charge on any atom is -0.260 e. The molecule has 0 saturated carbocycles. The lowest BCUT2D eigenvalue weighted by Gasteiger charge is -2.02. The summed E-state index contributed by atoms with van der Waals surface area (Å²) in [7, 11) is 0. The molecule has 6 nitrogen and oxygen atoms in total. The van der Waals surface area contributed by atoms with E-state index < -0.39 is 11.5 Å². The first-order valence-corrected chi connectivity index (χ1v) is 5.62. The van der Waals surface area contributed by atoms with Crippen molar-refractivity contribution in [2.24, 2.45) is 5.10 Å². The minimum atomic E-state index is -0.604. The van der Waals surface area contributed by atoms with Crippen LogP contribution >= 0.6 is 11.6 Å². The van der Waals surface area contributed by atoms with Crippen molar-refractivity contribution in [3.8, 4) is 0 Å². The summed E-state index contributed by atoms with van der Waals surface area (Å²) in [5.41, 5.74) is 2.50. The van der Waals surface area contributed by atoms with E-state index in [4.69, 9.17) is 11.6 Å². The van der Waals surface area contributed by atoms with Crippen LogP contribution in [0.4, 0.5) is 10.2 Å². The summed E-state index contributed by atoms with van der Waals surface area (Å²) in [5.74, 6) is -0.306. The zero-order valence-electron chi connectivity index (χ0n) is 9.82. The van der Waals surface area contributed by atoms with Crippen LogP contribution < -0.4 is 11.1 Å². The van der Waals surface area contributed by atoms with Crippen LogP contribution in [0.2, 0.25) is 5.02 Å². The number of rotatable bonds is 3. The maximum Gasteiger partial charge on any atom is 0.363 e. The van der Waals surface area contributed by atoms with Gasteiger partial charge in [0.05, 0.1) is 11.2 Å². The second-order valence-electron chi connectivity index (χ2n) is 3.58. The Morgan fingerprint density at radius 2 is 2.32 bits per heavy atom. The molecule has 0 unspecified atom stereocenters. The number of aryl methyl sites for hydroxylation is 1. The summed E-state index contributed by atoms with van der Waals surface area (Å²) < 4.78 is 13.4. The van der Waals surface area contributed by atoms with Crippen LogP contribution in [0, 0.1) is 12.7 Å². The van der Waals surface area contributed by atoms with Gasteiger partial charge in [0.25, 0.3) is 0 Å². The average molecular weight is 282 g/mol. The van der Waals surface area contributed by atoms with Crippen molar-refractivity contribution < 1.29 is 4.39 Å². The van der Waals surface area contributed by atoms with Gasteiger partial charge in [0.1, 0.15) is 11.5 Å². The van der Waals surface area contributed by atoms with Gasteiger partial charge >= 0.3 is 5.69 Å². The van der Waals surface area contributed by atoms with E-state index in [0.717, 1.165) is 0 Å². The van der Waals surface area contributed by atoms with Gasteiger partial charge in [0.15, 0.2) is 5.82 Å². The van der Waals surface area contributed by atoms with Crippen molar-refractivity contribution in [1.29, 1.82) is 0 Å². The van der Waals surface area contributed by atoms with Gasteiger partial charge < -0.3 is 0 Å². The van der Waals surface area contributed by atoms with E-state index in [1.807, 2.05) is 0 Å². The van der Waals surface area contributed by atoms with E-state index in [2.05, 4.69) is 25.7 Å². The number of benzene rings is 1. The first-order chi connectivity index (χ1) is 9.08. The number of hydrogen-bond donors (Lipinski definition) is 2. The highest BCUT2D eigenvalue weighted by molar-refractivity contribution is 6.33. The summed E-state index contributed by atoms with van der Waals surface area (Å²) in [5, 5.41) is 9.90. The third-order valence-corrected chi connectivity index (χ3v) is 2.57. The molecule has 2 aromatic rings. The highest BCUT2D eigenvalue weighted by Crippen LogP contribution is 2.16. The lowest BCUT2D eigenvalue weighted by Crippen LogP contribution is -2.15. The lowest BCUT2D eigenvalue weighted by molar-refractivity contribution is 0.626. The highest BCUT2D eigenvalue weighted by atomic mass is 35.5. The number of nitrogens with zero attached hydrogens (tertiary/aromatic N) is 3. The third-order valence-electron chi connectivity index (χ3n) is 2.24. The van der Waals surface area contributed by atoms with Gasteiger partial charge in [0.2, 0.25) is 0 Å². The van der Waals surface area contributed by atoms with E-state index in [0.29, 0.717) is 5.69 Å². The summed E-state index contributed by atoms with van der Waals surface area (Å²) in [6.45, 7) is 1.64. The molecule has 2 N–H and O–H groups in total. The predicted octanol–water partition coefficient (Wildman–Crippen LogP) is 1.71. The quantitative estimate of drug-likeness (QED) is 0.663. The second kappa shape index (κ2) is 5.57. The number of nitrogens with one attached hydrogen (secondary N) is 2. The van der Waals surface area contributed by atoms with Crippen LogP contribution in [0.25, 0.3) is 0 Å². The van der Waals surface area contributed by atoms with Crippen molar-refractivity contribution in [3.63, 3.8) is 0 Å². The first-order valence-electron chi connectivity index (χ1n) is 5.24. The zero-order chi connectivity index (χ0) is 13.8. The minimum absolute atomic E-state index is 0.145. The topological polar surface area (TPSA) is 83.0 Å². The Kier molecular flexibility index (Phi) is 3.86. The Bertz CT molecular complexity index is 665. The summed E-state index contributed by atoms with van der Waals surface area (Å²) >= 11 is 5.83. The Labute approximate surface area is 112 Å². The number of hydrogen-bond acceptors (Lipinski definition) is 5. The molecule has 0 aliphatic rings. The molecule has 0 spiro atoms. The third kappa shape index (κ3) is 3.14. The molecule has 1 heterocycles. The molecular weight excluding hydrogens is 273 g/mol. The lowest BCUT2D eigenvalue weighted by atomic mass is 10.2. The maximum absolute atomic E-state index is 13.4. The fourth-order valence-corrected chi connectivity index (χ4v) is 1.50. The Morgan fingerprint density at radius 1 is 1.53 bits per heavy atom. The molecule has 2 rings (SSSR count). The van der Waals surface area contributed by atoms with Crippen molar-refractivity contribution in [2.75, 3.05) is 5.43 Å². The van der Waals surface area contributed by atoms with Crippen LogP contribution in [0.1, 0.15) is 11.3 Å². The van der Waals surface area contributed by atoms with E-state index in [1.54, 1.807) is 13.0 Å². The van der Waals surface area contributed by atoms with Crippen LogP contribution in [0.3, 0.4) is 0 Å². The van der Waals surface area contributed by atoms with E-state index in [1.165, 1.54) is 18.3 Å². The number of halogens is 2. The molecule has 0 bridgehead atoms. The SMILES string of the molecule is Cc1n[nH]c(=O)nc1N/N=C/c1c(F)cccc1Cl. The second-order valence-corrected chi connectivity index (χ2v) is 3.99. The summed E-state index contributed by atoms with van der Waals surface area (Å²) in [4.78, 5) is 14.6. The van der Waals surface area contributed by atoms with Gasteiger partial charge in [0, 0.05) is 5.56 Å². The zero-order valence-corrected chi connectivity index (χ0v) is 10.6. The van der Waals surface area contributed by atoms with E-state index in [-0.39, 0.29) is 16.4 Å². The van der Waals surface area contributed by atoms with Gasteiger partial charge in [-0.05, 0) is 19.1 Å². The van der Waals surface area contributed by atoms with Crippen molar-refractivity contribution in [3.05, 3.63) is 50.8 Å². The highest BCUT2D eigenvalue weighted by Gasteiger charge is 2.04. The summed E-state index contributed by atoms with van der Waals surface area (Å²) in [6.07, 6.45) is 1.21. The van der Waals surface area contributed by atoms with Gasteiger partial charge in [-0.1, -0.05) is 17.7 Å². The number of aromatic nitrogens is 3. The largest absolute Gasteiger partial charge is 0.363 e. The molecule has 0 fully saturated rings. The molecule has 1 aromatic carbocycles. The van der Waals surface area contributed by atoms with E-state index >= 15 is 0 Å². The van der Waals surface area contributed by atoms with Gasteiger partial charge in [-0.25, -0.2) is 14.3 Å². The molecular formula is C11H9ClFN5O. The Morgan fingerprint density at radius 3 is 3.05 bits per heavy atom. The number of aromatic amines is 1. The van der Waals surface area contributed by atoms with Gasteiger partial charge in [-0.2, -0.15) is 15.2 Å². The molecule has 0 aliphatic heterocycles. The fraction of sp³-hybridized carbons (Fsp3) is 0.0909. The van der Waals surface area contributed by atoms with Crippen LogP contribution in [0.5, 0.6) is 0 Å². The average Bonchev–Trinajstić information content (AvgIpc) is 2.37. The normalized spacial score (nSPS) is 10.9. The molecule has 8 heteroatoms. The van der Waals surface area contributed by atoms with Crippen LogP contribution in [-0.4, -0.2) is 21.4 Å². The van der Waals surface area contributed by atoms with Gasteiger partial charge in [-0.3, -0.25) is 5.43 Å². The Hall–Kier alpha value is -2.28. The molecule has 0 aliphatic carbocycles. The smallest absolute Gasteiger partial charge is 0.260 e. The predicted molar refractivity (Wildman–Crippen MR) is 70.0 cm³/mol. The van der Waals surface area contributed by atoms with Crippen LogP contribution in [-0.2, 0) is 0 Å². The molecule has 0 amide bonds. The number of anilines is 1. The molecule has 0 atom stereocenters. The molecule has 1 aromatic heterocycles. The van der Waals surface area contributed by atoms with E-state index in [9.17, 15) is 9.18 Å². The standard InChI is InChI=1S/C11H9ClFN5O/c1-6-10(15-11(19)18-16-6)17-14-5-7-8(12)3-2-4-9(7)13/h2-5H,1H3,(H2,15,17,18,19)/b14-5+. The number of hydrazone groups is 1. The molecule has 0 saturated heterocycles. The van der Waals surface area contributed by atoms with Crippen molar-refractivity contribution in [1.82, 2.24) is 15.2 Å². The van der Waals surface area contributed by atoms with Crippen molar-refractivity contribution in [2.45, 2.75) is 6.92 Å². The molecule has 98 valence electrons. The Balaban J connectivity index is 2.20. The number of H-pyrrole nitrogens is 1. The van der Waals surface area contributed by atoms with Crippen molar-refractivity contribution >= 4 is 23.6 Å². The molecule has 0 radical (unpaired) electrons. The summed E-state index contributed by atoms with van der Waals surface area (Å²) in [6, 6.07) is 4.31. The maximum atomic E-state index is 13.4. The van der Waals surface area contributed by atoms with Gasteiger partial charge in [-0.15, -0.1) is 0 Å². The fourth-order valence-electron chi connectivity index (χ4n) is 1.29. The first kappa shape index (κ1) is 13.2. The monoisotopic (exact) mass is 281 g/mol.